The Hall–Kier alpha value is -3.41. The van der Waals surface area contributed by atoms with Gasteiger partial charge >= 0.3 is 5.97 Å². The highest BCUT2D eigenvalue weighted by Crippen LogP contribution is 2.17. The zero-order valence-corrected chi connectivity index (χ0v) is 15.0. The van der Waals surface area contributed by atoms with Crippen molar-refractivity contribution in [1.29, 1.82) is 0 Å². The Kier molecular flexibility index (Phi) is 5.66. The molecule has 0 saturated carbocycles. The average molecular weight is 363 g/mol. The molecule has 0 radical (unpaired) electrons. The molecule has 6 heteroatoms. The molecule has 0 spiro atoms. The first-order valence-electron chi connectivity index (χ1n) is 8.69. The second-order valence-electron chi connectivity index (χ2n) is 6.31. The van der Waals surface area contributed by atoms with Crippen molar-refractivity contribution in [2.75, 3.05) is 0 Å². The lowest BCUT2D eigenvalue weighted by Gasteiger charge is -2.24. The lowest BCUT2D eigenvalue weighted by molar-refractivity contribution is -0.140. The van der Waals surface area contributed by atoms with Gasteiger partial charge in [0, 0.05) is 19.3 Å². The van der Waals surface area contributed by atoms with Gasteiger partial charge in [0.25, 0.3) is 5.91 Å². The van der Waals surface area contributed by atoms with Crippen LogP contribution in [0.1, 0.15) is 34.6 Å². The zero-order valence-electron chi connectivity index (χ0n) is 15.0. The summed E-state index contributed by atoms with van der Waals surface area (Å²) in [6, 6.07) is 20.0. The minimum absolute atomic E-state index is 0.256. The summed E-state index contributed by atoms with van der Waals surface area (Å²) in [6.07, 6.45) is 1.45. The van der Waals surface area contributed by atoms with E-state index in [1.807, 2.05) is 60.7 Å². The van der Waals surface area contributed by atoms with Crippen LogP contribution >= 0.6 is 0 Å². The molecule has 1 heterocycles. The van der Waals surface area contributed by atoms with E-state index in [-0.39, 0.29) is 11.6 Å². The lowest BCUT2D eigenvalue weighted by Crippen LogP contribution is -2.33. The van der Waals surface area contributed by atoms with Crippen molar-refractivity contribution >= 4 is 11.9 Å². The van der Waals surface area contributed by atoms with Crippen molar-refractivity contribution in [2.45, 2.75) is 26.1 Å². The Labute approximate surface area is 157 Å². The van der Waals surface area contributed by atoms with Crippen LogP contribution in [0.25, 0.3) is 0 Å². The molecule has 0 bridgehead atoms. The van der Waals surface area contributed by atoms with Gasteiger partial charge in [0.1, 0.15) is 11.7 Å². The van der Waals surface area contributed by atoms with Crippen molar-refractivity contribution in [3.63, 3.8) is 0 Å². The monoisotopic (exact) mass is 363 g/mol. The number of amides is 1. The molecule has 1 atom stereocenters. The molecule has 1 unspecified atom stereocenters. The Morgan fingerprint density at radius 2 is 1.48 bits per heavy atom. The van der Waals surface area contributed by atoms with Crippen LogP contribution in [0.2, 0.25) is 0 Å². The summed E-state index contributed by atoms with van der Waals surface area (Å²) in [7, 11) is 0. The third-order valence-corrected chi connectivity index (χ3v) is 4.33. The molecule has 2 aromatic carbocycles. The molecule has 138 valence electrons. The summed E-state index contributed by atoms with van der Waals surface area (Å²) < 4.78 is 1.26. The van der Waals surface area contributed by atoms with Gasteiger partial charge in [-0.05, 0) is 24.1 Å². The minimum atomic E-state index is -1.04. The number of nitrogens with zero attached hydrogens (tertiary/aromatic N) is 3. The van der Waals surface area contributed by atoms with Gasteiger partial charge in [-0.2, -0.15) is 5.10 Å². The van der Waals surface area contributed by atoms with Crippen LogP contribution < -0.4 is 0 Å². The van der Waals surface area contributed by atoms with Gasteiger partial charge < -0.3 is 10.0 Å². The highest BCUT2D eigenvalue weighted by Gasteiger charge is 2.25. The number of hydrogen-bond donors (Lipinski definition) is 1. The summed E-state index contributed by atoms with van der Waals surface area (Å²) in [4.78, 5) is 26.3. The van der Waals surface area contributed by atoms with E-state index < -0.39 is 12.0 Å². The molecular formula is C21H21N3O3. The van der Waals surface area contributed by atoms with Gasteiger partial charge in [0.05, 0.1) is 0 Å². The third-order valence-electron chi connectivity index (χ3n) is 4.33. The van der Waals surface area contributed by atoms with Gasteiger partial charge in [0.15, 0.2) is 0 Å². The molecule has 1 amide bonds. The molecule has 0 saturated heterocycles. The minimum Gasteiger partial charge on any atom is -0.480 e. The fraction of sp³-hybridized carbons (Fsp3) is 0.190. The van der Waals surface area contributed by atoms with E-state index in [2.05, 4.69) is 5.10 Å². The molecular weight excluding hydrogens is 342 g/mol. The smallest absolute Gasteiger partial charge is 0.328 e. The number of carbonyl (C=O) groups excluding carboxylic acids is 1. The lowest BCUT2D eigenvalue weighted by atomic mass is 10.1. The van der Waals surface area contributed by atoms with Crippen molar-refractivity contribution in [1.82, 2.24) is 14.7 Å². The van der Waals surface area contributed by atoms with Crippen LogP contribution in [0, 0.1) is 0 Å². The Morgan fingerprint density at radius 3 is 1.96 bits per heavy atom. The number of carboxylic acid groups (broad SMARTS) is 1. The molecule has 0 fully saturated rings. The molecule has 1 N–H and O–H groups in total. The van der Waals surface area contributed by atoms with E-state index in [0.717, 1.165) is 11.1 Å². The quantitative estimate of drug-likeness (QED) is 0.698. The predicted molar refractivity (Wildman–Crippen MR) is 101 cm³/mol. The topological polar surface area (TPSA) is 75.4 Å². The number of rotatable bonds is 7. The summed E-state index contributed by atoms with van der Waals surface area (Å²) in [5, 5.41) is 13.3. The van der Waals surface area contributed by atoms with Crippen LogP contribution in [0.15, 0.2) is 72.9 Å². The molecule has 3 rings (SSSR count). The fourth-order valence-corrected chi connectivity index (χ4v) is 2.87. The largest absolute Gasteiger partial charge is 0.480 e. The first-order chi connectivity index (χ1) is 13.1. The van der Waals surface area contributed by atoms with Crippen LogP contribution in [-0.4, -0.2) is 31.7 Å². The molecule has 3 aromatic rings. The zero-order chi connectivity index (χ0) is 19.2. The maximum atomic E-state index is 13.2. The Balaban J connectivity index is 1.91. The molecule has 6 nitrogen and oxygen atoms in total. The summed E-state index contributed by atoms with van der Waals surface area (Å²) >= 11 is 0. The normalized spacial score (nSPS) is 11.7. The van der Waals surface area contributed by atoms with Gasteiger partial charge in [-0.1, -0.05) is 60.7 Å². The number of aliphatic carboxylic acids is 1. The number of carbonyl (C=O) groups is 2. The van der Waals surface area contributed by atoms with Gasteiger partial charge in [0.2, 0.25) is 0 Å². The third kappa shape index (κ3) is 4.41. The number of benzene rings is 2. The summed E-state index contributed by atoms with van der Waals surface area (Å²) in [5.41, 5.74) is 2.26. The van der Waals surface area contributed by atoms with Crippen molar-refractivity contribution < 1.29 is 14.7 Å². The second-order valence-corrected chi connectivity index (χ2v) is 6.31. The van der Waals surface area contributed by atoms with Crippen molar-refractivity contribution in [3.8, 4) is 0 Å². The maximum Gasteiger partial charge on any atom is 0.328 e. The van der Waals surface area contributed by atoms with Crippen molar-refractivity contribution in [3.05, 3.63) is 89.7 Å². The molecule has 27 heavy (non-hydrogen) atoms. The maximum absolute atomic E-state index is 13.2. The second kappa shape index (κ2) is 8.31. The van der Waals surface area contributed by atoms with Crippen LogP contribution in [-0.2, 0) is 17.9 Å². The highest BCUT2D eigenvalue weighted by atomic mass is 16.4. The summed E-state index contributed by atoms with van der Waals surface area (Å²) in [5.74, 6) is -1.29. The van der Waals surface area contributed by atoms with Gasteiger partial charge in [-0.15, -0.1) is 0 Å². The predicted octanol–water partition coefficient (Wildman–Crippen LogP) is 3.37. The Bertz CT molecular complexity index is 865. The van der Waals surface area contributed by atoms with E-state index in [4.69, 9.17) is 0 Å². The van der Waals surface area contributed by atoms with Crippen LogP contribution in [0.5, 0.6) is 0 Å². The van der Waals surface area contributed by atoms with Gasteiger partial charge in [-0.3, -0.25) is 4.79 Å². The molecule has 1 aromatic heterocycles. The van der Waals surface area contributed by atoms with Crippen LogP contribution in [0.3, 0.4) is 0 Å². The number of aromatic nitrogens is 2. The molecule has 0 aliphatic rings. The molecule has 0 aliphatic heterocycles. The van der Waals surface area contributed by atoms with Crippen LogP contribution in [0.4, 0.5) is 0 Å². The average Bonchev–Trinajstić information content (AvgIpc) is 3.17. The number of carboxylic acids is 1. The number of hydrogen-bond acceptors (Lipinski definition) is 3. The van der Waals surface area contributed by atoms with Crippen molar-refractivity contribution in [2.24, 2.45) is 0 Å². The first-order valence-corrected chi connectivity index (χ1v) is 8.69. The summed E-state index contributed by atoms with van der Waals surface area (Å²) in [6.45, 7) is 2.34. The highest BCUT2D eigenvalue weighted by molar-refractivity contribution is 5.93. The van der Waals surface area contributed by atoms with E-state index >= 15 is 0 Å². The van der Waals surface area contributed by atoms with Gasteiger partial charge in [-0.25, -0.2) is 9.48 Å². The SMILES string of the molecule is CC(C(=O)O)n1nccc1C(=O)N(Cc1ccccc1)Cc1ccccc1. The van der Waals surface area contributed by atoms with E-state index in [1.54, 1.807) is 11.0 Å². The standard InChI is InChI=1S/C21H21N3O3/c1-16(21(26)27)24-19(12-13-22-24)20(25)23(14-17-8-4-2-5-9-17)15-18-10-6-3-7-11-18/h2-13,16H,14-15H2,1H3,(H,26,27). The Morgan fingerprint density at radius 1 is 0.963 bits per heavy atom. The van der Waals surface area contributed by atoms with E-state index in [0.29, 0.717) is 13.1 Å². The first kappa shape index (κ1) is 18.4. The van der Waals surface area contributed by atoms with E-state index in [9.17, 15) is 14.7 Å². The van der Waals surface area contributed by atoms with E-state index in [1.165, 1.54) is 17.8 Å². The fourth-order valence-electron chi connectivity index (χ4n) is 2.87. The molecule has 0 aliphatic carbocycles.